The first-order valence-electron chi connectivity index (χ1n) is 6.85. The number of aliphatic hydroxyl groups is 1. The van der Waals surface area contributed by atoms with Crippen LogP contribution in [-0.4, -0.2) is 10.7 Å². The van der Waals surface area contributed by atoms with E-state index in [9.17, 15) is 5.11 Å². The summed E-state index contributed by atoms with van der Waals surface area (Å²) in [6.07, 6.45) is 7.08. The average molecular weight is 222 g/mol. The van der Waals surface area contributed by atoms with Crippen molar-refractivity contribution in [3.05, 3.63) is 11.6 Å². The third kappa shape index (κ3) is 1.84. The molecule has 1 heteroatoms. The molecule has 2 aliphatic carbocycles. The summed E-state index contributed by atoms with van der Waals surface area (Å²) >= 11 is 0. The van der Waals surface area contributed by atoms with Crippen molar-refractivity contribution >= 4 is 0 Å². The lowest BCUT2D eigenvalue weighted by molar-refractivity contribution is -0.107. The summed E-state index contributed by atoms with van der Waals surface area (Å²) in [5.41, 5.74) is 1.04. The normalized spacial score (nSPS) is 44.1. The van der Waals surface area contributed by atoms with Crippen LogP contribution in [0.1, 0.15) is 53.4 Å². The van der Waals surface area contributed by atoms with E-state index in [1.807, 2.05) is 0 Å². The van der Waals surface area contributed by atoms with E-state index < -0.39 is 5.60 Å². The first-order chi connectivity index (χ1) is 7.45. The Labute approximate surface area is 99.9 Å². The lowest BCUT2D eigenvalue weighted by Crippen LogP contribution is -2.51. The average Bonchev–Trinajstić information content (AvgIpc) is 2.23. The van der Waals surface area contributed by atoms with Crippen molar-refractivity contribution in [3.8, 4) is 0 Å². The second-order valence-corrected chi connectivity index (χ2v) is 6.40. The smallest absolute Gasteiger partial charge is 0.0735 e. The van der Waals surface area contributed by atoms with Gasteiger partial charge >= 0.3 is 0 Å². The van der Waals surface area contributed by atoms with Crippen molar-refractivity contribution in [1.82, 2.24) is 0 Å². The molecule has 92 valence electrons. The summed E-state index contributed by atoms with van der Waals surface area (Å²) in [5.74, 6) is 2.28. The summed E-state index contributed by atoms with van der Waals surface area (Å²) < 4.78 is 0. The Morgan fingerprint density at radius 3 is 2.69 bits per heavy atom. The van der Waals surface area contributed by atoms with Crippen LogP contribution in [0.15, 0.2) is 11.6 Å². The van der Waals surface area contributed by atoms with Crippen molar-refractivity contribution in [1.29, 1.82) is 0 Å². The van der Waals surface area contributed by atoms with Crippen LogP contribution >= 0.6 is 0 Å². The SMILES string of the molecule is CC1=C[C@@H]2[C@H](CC1)[C@@H](C)CC[C@]2(O)C(C)C. The van der Waals surface area contributed by atoms with Gasteiger partial charge in [0.25, 0.3) is 0 Å². The maximum absolute atomic E-state index is 10.9. The van der Waals surface area contributed by atoms with Gasteiger partial charge in [-0.2, -0.15) is 0 Å². The van der Waals surface area contributed by atoms with Gasteiger partial charge in [0, 0.05) is 5.92 Å². The molecule has 16 heavy (non-hydrogen) atoms. The zero-order valence-electron chi connectivity index (χ0n) is 11.2. The lowest BCUT2D eigenvalue weighted by Gasteiger charge is -2.50. The van der Waals surface area contributed by atoms with E-state index in [2.05, 4.69) is 33.8 Å². The Morgan fingerprint density at radius 1 is 1.38 bits per heavy atom. The van der Waals surface area contributed by atoms with Gasteiger partial charge in [-0.3, -0.25) is 0 Å². The fourth-order valence-corrected chi connectivity index (χ4v) is 3.75. The van der Waals surface area contributed by atoms with Gasteiger partial charge in [0.05, 0.1) is 5.60 Å². The third-order valence-electron chi connectivity index (χ3n) is 5.11. The number of rotatable bonds is 1. The number of hydrogen-bond donors (Lipinski definition) is 1. The van der Waals surface area contributed by atoms with E-state index in [0.29, 0.717) is 17.8 Å². The quantitative estimate of drug-likeness (QED) is 0.669. The van der Waals surface area contributed by atoms with E-state index >= 15 is 0 Å². The Kier molecular flexibility index (Phi) is 3.18. The molecule has 1 fully saturated rings. The van der Waals surface area contributed by atoms with Gasteiger partial charge in [0.15, 0.2) is 0 Å². The molecule has 0 saturated heterocycles. The molecule has 2 aliphatic rings. The number of fused-ring (bicyclic) bond motifs is 1. The molecule has 0 aromatic rings. The first-order valence-corrected chi connectivity index (χ1v) is 6.85. The molecule has 4 atom stereocenters. The van der Waals surface area contributed by atoms with E-state index in [1.54, 1.807) is 0 Å². The highest BCUT2D eigenvalue weighted by molar-refractivity contribution is 5.15. The van der Waals surface area contributed by atoms with Crippen molar-refractivity contribution in [2.75, 3.05) is 0 Å². The topological polar surface area (TPSA) is 20.2 Å². The van der Waals surface area contributed by atoms with Crippen molar-refractivity contribution in [3.63, 3.8) is 0 Å². The monoisotopic (exact) mass is 222 g/mol. The highest BCUT2D eigenvalue weighted by atomic mass is 16.3. The molecule has 0 spiro atoms. The minimum absolute atomic E-state index is 0.370. The molecule has 0 radical (unpaired) electrons. The van der Waals surface area contributed by atoms with Gasteiger partial charge in [0.1, 0.15) is 0 Å². The largest absolute Gasteiger partial charge is 0.389 e. The molecule has 0 bridgehead atoms. The first kappa shape index (κ1) is 12.2. The summed E-state index contributed by atoms with van der Waals surface area (Å²) in [5, 5.41) is 10.9. The van der Waals surface area contributed by atoms with Crippen LogP contribution in [0.5, 0.6) is 0 Å². The van der Waals surface area contributed by atoms with Crippen molar-refractivity contribution < 1.29 is 5.11 Å². The van der Waals surface area contributed by atoms with E-state index in [1.165, 1.54) is 24.8 Å². The summed E-state index contributed by atoms with van der Waals surface area (Å²) in [6.45, 7) is 8.93. The Bertz CT molecular complexity index is 292. The third-order valence-corrected chi connectivity index (χ3v) is 5.11. The van der Waals surface area contributed by atoms with Gasteiger partial charge in [-0.05, 0) is 50.4 Å². The Balaban J connectivity index is 2.32. The van der Waals surface area contributed by atoms with Gasteiger partial charge in [-0.1, -0.05) is 32.4 Å². The predicted octanol–water partition coefficient (Wildman–Crippen LogP) is 3.78. The molecule has 0 aliphatic heterocycles. The standard InChI is InChI=1S/C15H26O/c1-10(2)15(16)8-7-12(4)13-6-5-11(3)9-14(13)15/h9-10,12-14,16H,5-8H2,1-4H3/t12-,13+,14+,15-/m0/s1. The summed E-state index contributed by atoms with van der Waals surface area (Å²) in [7, 11) is 0. The van der Waals surface area contributed by atoms with E-state index in [4.69, 9.17) is 0 Å². The second-order valence-electron chi connectivity index (χ2n) is 6.40. The van der Waals surface area contributed by atoms with Crippen LogP contribution in [-0.2, 0) is 0 Å². The molecular weight excluding hydrogens is 196 g/mol. The van der Waals surface area contributed by atoms with Gasteiger partial charge < -0.3 is 5.11 Å². The molecule has 1 N–H and O–H groups in total. The van der Waals surface area contributed by atoms with Crippen molar-refractivity contribution in [2.45, 2.75) is 59.0 Å². The zero-order chi connectivity index (χ0) is 11.9. The molecule has 0 heterocycles. The molecule has 0 aromatic carbocycles. The van der Waals surface area contributed by atoms with E-state index in [0.717, 1.165) is 12.3 Å². The number of allylic oxidation sites excluding steroid dienone is 1. The van der Waals surface area contributed by atoms with Crippen molar-refractivity contribution in [2.24, 2.45) is 23.7 Å². The molecule has 2 rings (SSSR count). The lowest BCUT2D eigenvalue weighted by atomic mass is 9.58. The maximum Gasteiger partial charge on any atom is 0.0735 e. The molecule has 1 nitrogen and oxygen atoms in total. The van der Waals surface area contributed by atoms with Crippen LogP contribution in [0, 0.1) is 23.7 Å². The highest BCUT2D eigenvalue weighted by Gasteiger charge is 2.48. The molecular formula is C15H26O. The molecule has 0 unspecified atom stereocenters. The predicted molar refractivity (Wildman–Crippen MR) is 68.2 cm³/mol. The summed E-state index contributed by atoms with van der Waals surface area (Å²) in [6, 6.07) is 0. The Morgan fingerprint density at radius 2 is 2.06 bits per heavy atom. The highest BCUT2D eigenvalue weighted by Crippen LogP contribution is 2.50. The fourth-order valence-electron chi connectivity index (χ4n) is 3.75. The molecule has 0 aromatic heterocycles. The van der Waals surface area contributed by atoms with Crippen LogP contribution in [0.4, 0.5) is 0 Å². The maximum atomic E-state index is 10.9. The summed E-state index contributed by atoms with van der Waals surface area (Å²) in [4.78, 5) is 0. The minimum Gasteiger partial charge on any atom is -0.389 e. The minimum atomic E-state index is -0.446. The molecule has 1 saturated carbocycles. The number of hydrogen-bond acceptors (Lipinski definition) is 1. The fraction of sp³-hybridized carbons (Fsp3) is 0.867. The van der Waals surface area contributed by atoms with Gasteiger partial charge in [0.2, 0.25) is 0 Å². The van der Waals surface area contributed by atoms with Crippen LogP contribution < -0.4 is 0 Å². The second kappa shape index (κ2) is 4.18. The van der Waals surface area contributed by atoms with Crippen LogP contribution in [0.2, 0.25) is 0 Å². The Hall–Kier alpha value is -0.300. The van der Waals surface area contributed by atoms with E-state index in [-0.39, 0.29) is 0 Å². The van der Waals surface area contributed by atoms with Crippen LogP contribution in [0.3, 0.4) is 0 Å². The van der Waals surface area contributed by atoms with Crippen LogP contribution in [0.25, 0.3) is 0 Å². The van der Waals surface area contributed by atoms with Gasteiger partial charge in [-0.15, -0.1) is 0 Å². The zero-order valence-corrected chi connectivity index (χ0v) is 11.2. The van der Waals surface area contributed by atoms with Gasteiger partial charge in [-0.25, -0.2) is 0 Å². The molecule has 0 amide bonds.